The Labute approximate surface area is 96.5 Å². The van der Waals surface area contributed by atoms with Gasteiger partial charge in [0.1, 0.15) is 0 Å². The zero-order valence-corrected chi connectivity index (χ0v) is 9.43. The second-order valence-corrected chi connectivity index (χ2v) is 4.13. The third-order valence-corrected chi connectivity index (χ3v) is 2.86. The number of rotatable bonds is 1. The molecule has 0 N–H and O–H groups in total. The van der Waals surface area contributed by atoms with E-state index in [1.165, 1.54) is 12.8 Å². The smallest absolute Gasteiger partial charge is 0.323 e. The number of carbonyl (C=O) groups excluding carboxylic acids is 1. The van der Waals surface area contributed by atoms with Crippen molar-refractivity contribution in [2.45, 2.75) is 25.7 Å². The van der Waals surface area contributed by atoms with Gasteiger partial charge in [0.05, 0.1) is 5.69 Å². The van der Waals surface area contributed by atoms with Crippen LogP contribution in [0, 0.1) is 0 Å². The van der Waals surface area contributed by atoms with Gasteiger partial charge in [-0.2, -0.15) is 5.32 Å². The number of benzene rings is 1. The molecule has 1 aromatic carbocycles. The first-order chi connectivity index (χ1) is 7.86. The fraction of sp³-hybridized carbons (Fsp3) is 0.462. The molecular formula is C13H17N2O. The van der Waals surface area contributed by atoms with Crippen molar-refractivity contribution in [3.05, 3.63) is 30.3 Å². The molecule has 0 spiro atoms. The van der Waals surface area contributed by atoms with Gasteiger partial charge in [0.15, 0.2) is 0 Å². The molecule has 1 aromatic rings. The van der Waals surface area contributed by atoms with Crippen LogP contribution in [0.15, 0.2) is 30.3 Å². The summed E-state index contributed by atoms with van der Waals surface area (Å²) in [5.41, 5.74) is 0.747. The largest absolute Gasteiger partial charge is 0.344 e. The van der Waals surface area contributed by atoms with Crippen LogP contribution in [0.1, 0.15) is 25.7 Å². The van der Waals surface area contributed by atoms with Crippen LogP contribution >= 0.6 is 0 Å². The molecule has 3 heteroatoms. The minimum atomic E-state index is -0.0897. The fourth-order valence-corrected chi connectivity index (χ4v) is 1.95. The first-order valence-corrected chi connectivity index (χ1v) is 5.92. The summed E-state index contributed by atoms with van der Waals surface area (Å²) in [6, 6.07) is 9.34. The van der Waals surface area contributed by atoms with Crippen molar-refractivity contribution in [2.24, 2.45) is 0 Å². The highest BCUT2D eigenvalue weighted by Gasteiger charge is 2.16. The Kier molecular flexibility index (Phi) is 3.81. The Morgan fingerprint density at radius 3 is 2.25 bits per heavy atom. The minimum absolute atomic E-state index is 0.0897. The van der Waals surface area contributed by atoms with Crippen molar-refractivity contribution in [3.63, 3.8) is 0 Å². The van der Waals surface area contributed by atoms with Crippen LogP contribution in [0.4, 0.5) is 10.5 Å². The summed E-state index contributed by atoms with van der Waals surface area (Å²) in [5.74, 6) is 0. The van der Waals surface area contributed by atoms with Crippen molar-refractivity contribution in [1.82, 2.24) is 10.2 Å². The van der Waals surface area contributed by atoms with E-state index in [1.54, 1.807) is 0 Å². The molecule has 16 heavy (non-hydrogen) atoms. The van der Waals surface area contributed by atoms with Crippen LogP contribution in [-0.4, -0.2) is 24.0 Å². The topological polar surface area (TPSA) is 34.4 Å². The highest BCUT2D eigenvalue weighted by molar-refractivity contribution is 5.78. The molecule has 3 nitrogen and oxygen atoms in total. The van der Waals surface area contributed by atoms with E-state index >= 15 is 0 Å². The molecule has 0 atom stereocenters. The van der Waals surface area contributed by atoms with Crippen LogP contribution in [0.25, 0.3) is 0 Å². The van der Waals surface area contributed by atoms with Crippen LogP contribution in [0.5, 0.6) is 0 Å². The van der Waals surface area contributed by atoms with E-state index in [4.69, 9.17) is 0 Å². The van der Waals surface area contributed by atoms with E-state index in [2.05, 4.69) is 5.32 Å². The Morgan fingerprint density at radius 1 is 1.00 bits per heavy atom. The number of urea groups is 1. The molecule has 85 valence electrons. The average Bonchev–Trinajstić information content (AvgIpc) is 2.59. The van der Waals surface area contributed by atoms with E-state index in [0.29, 0.717) is 0 Å². The Hall–Kier alpha value is -1.51. The van der Waals surface area contributed by atoms with Gasteiger partial charge in [-0.15, -0.1) is 0 Å². The summed E-state index contributed by atoms with van der Waals surface area (Å²) in [6.45, 7) is 1.71. The van der Waals surface area contributed by atoms with Gasteiger partial charge in [-0.25, -0.2) is 4.79 Å². The number of para-hydroxylation sites is 1. The molecule has 0 saturated carbocycles. The molecule has 2 rings (SSSR count). The fourth-order valence-electron chi connectivity index (χ4n) is 1.95. The zero-order chi connectivity index (χ0) is 11.2. The van der Waals surface area contributed by atoms with Gasteiger partial charge in [-0.05, 0) is 25.0 Å². The zero-order valence-electron chi connectivity index (χ0n) is 9.43. The molecule has 1 saturated heterocycles. The minimum Gasteiger partial charge on any atom is -0.323 e. The van der Waals surface area contributed by atoms with Crippen molar-refractivity contribution in [1.29, 1.82) is 0 Å². The van der Waals surface area contributed by atoms with E-state index < -0.39 is 0 Å². The second-order valence-electron chi connectivity index (χ2n) is 4.13. The number of hydrogen-bond acceptors (Lipinski definition) is 1. The standard InChI is InChI=1S/C13H17N2O/c16-13(14-12-8-4-3-5-9-12)15-10-6-1-2-7-11-15/h3-5,8-9H,1-2,6-7,10-11H2. The van der Waals surface area contributed by atoms with E-state index in [0.717, 1.165) is 31.6 Å². The predicted molar refractivity (Wildman–Crippen MR) is 63.7 cm³/mol. The predicted octanol–water partition coefficient (Wildman–Crippen LogP) is 2.92. The lowest BCUT2D eigenvalue weighted by molar-refractivity contribution is 0.203. The third kappa shape index (κ3) is 2.99. The van der Waals surface area contributed by atoms with Crippen molar-refractivity contribution in [2.75, 3.05) is 13.1 Å². The van der Waals surface area contributed by atoms with Gasteiger partial charge in [-0.1, -0.05) is 31.0 Å². The highest BCUT2D eigenvalue weighted by Crippen LogP contribution is 2.12. The summed E-state index contributed by atoms with van der Waals surface area (Å²) in [5, 5.41) is 4.11. The summed E-state index contributed by atoms with van der Waals surface area (Å²) in [6.07, 6.45) is 4.68. The third-order valence-electron chi connectivity index (χ3n) is 2.86. The molecular weight excluding hydrogens is 200 g/mol. The Balaban J connectivity index is 1.92. The van der Waals surface area contributed by atoms with Gasteiger partial charge in [0, 0.05) is 13.1 Å². The second kappa shape index (κ2) is 5.54. The lowest BCUT2D eigenvalue weighted by Gasteiger charge is -2.19. The molecule has 1 aliphatic heterocycles. The van der Waals surface area contributed by atoms with Crippen molar-refractivity contribution in [3.8, 4) is 0 Å². The van der Waals surface area contributed by atoms with Crippen LogP contribution in [-0.2, 0) is 0 Å². The number of amides is 2. The normalized spacial score (nSPS) is 16.6. The molecule has 0 aromatic heterocycles. The number of carbonyl (C=O) groups is 1. The Bertz CT molecular complexity index is 329. The molecule has 1 radical (unpaired) electrons. The van der Waals surface area contributed by atoms with Gasteiger partial charge < -0.3 is 4.90 Å². The maximum atomic E-state index is 11.9. The maximum Gasteiger partial charge on any atom is 0.344 e. The lowest BCUT2D eigenvalue weighted by atomic mass is 10.2. The quantitative estimate of drug-likeness (QED) is 0.712. The van der Waals surface area contributed by atoms with E-state index in [9.17, 15) is 4.79 Å². The van der Waals surface area contributed by atoms with Crippen LogP contribution < -0.4 is 5.32 Å². The molecule has 1 heterocycles. The Morgan fingerprint density at radius 2 is 1.62 bits per heavy atom. The van der Waals surface area contributed by atoms with E-state index in [1.807, 2.05) is 35.2 Å². The molecule has 1 aliphatic rings. The summed E-state index contributed by atoms with van der Waals surface area (Å²) >= 11 is 0. The monoisotopic (exact) mass is 217 g/mol. The van der Waals surface area contributed by atoms with Gasteiger partial charge in [0.25, 0.3) is 0 Å². The van der Waals surface area contributed by atoms with Crippen molar-refractivity contribution >= 4 is 11.7 Å². The van der Waals surface area contributed by atoms with Crippen molar-refractivity contribution < 1.29 is 4.79 Å². The molecule has 2 amide bonds. The molecule has 0 aliphatic carbocycles. The summed E-state index contributed by atoms with van der Waals surface area (Å²) < 4.78 is 0. The maximum absolute atomic E-state index is 11.9. The summed E-state index contributed by atoms with van der Waals surface area (Å²) in [4.78, 5) is 13.7. The molecule has 1 fully saturated rings. The SMILES string of the molecule is O=C([N]c1ccccc1)N1CCCCCC1. The lowest BCUT2D eigenvalue weighted by Crippen LogP contribution is -2.35. The van der Waals surface area contributed by atoms with Crippen LogP contribution in [0.3, 0.4) is 0 Å². The number of nitrogens with zero attached hydrogens (tertiary/aromatic N) is 2. The van der Waals surface area contributed by atoms with Gasteiger partial charge in [-0.3, -0.25) is 0 Å². The van der Waals surface area contributed by atoms with E-state index in [-0.39, 0.29) is 6.03 Å². The van der Waals surface area contributed by atoms with Crippen LogP contribution in [0.2, 0.25) is 0 Å². The average molecular weight is 217 g/mol. The highest BCUT2D eigenvalue weighted by atomic mass is 16.2. The molecule has 0 bridgehead atoms. The first-order valence-electron chi connectivity index (χ1n) is 5.92. The first kappa shape index (κ1) is 11.0. The number of hydrogen-bond donors (Lipinski definition) is 0. The summed E-state index contributed by atoms with van der Waals surface area (Å²) in [7, 11) is 0. The molecule has 0 unspecified atom stereocenters. The van der Waals surface area contributed by atoms with Gasteiger partial charge in [0.2, 0.25) is 0 Å². The van der Waals surface area contributed by atoms with Gasteiger partial charge >= 0.3 is 6.03 Å². The number of likely N-dealkylation sites (tertiary alicyclic amines) is 1.